The molecule has 0 saturated carbocycles. The fourth-order valence-electron chi connectivity index (χ4n) is 3.55. The van der Waals surface area contributed by atoms with Crippen molar-refractivity contribution in [2.45, 2.75) is 18.9 Å². The summed E-state index contributed by atoms with van der Waals surface area (Å²) in [4.78, 5) is 19.1. The van der Waals surface area contributed by atoms with Crippen molar-refractivity contribution >= 4 is 16.9 Å². The molecule has 0 radical (unpaired) electrons. The summed E-state index contributed by atoms with van der Waals surface area (Å²) in [7, 11) is 3.37. The van der Waals surface area contributed by atoms with Gasteiger partial charge in [-0.1, -0.05) is 0 Å². The second kappa shape index (κ2) is 7.59. The van der Waals surface area contributed by atoms with E-state index >= 15 is 0 Å². The van der Waals surface area contributed by atoms with Crippen molar-refractivity contribution in [3.05, 3.63) is 52.6 Å². The van der Waals surface area contributed by atoms with Crippen LogP contribution in [0.5, 0.6) is 5.75 Å². The number of ether oxygens (including phenoxy) is 2. The van der Waals surface area contributed by atoms with Gasteiger partial charge in [-0.25, -0.2) is 4.39 Å². The number of rotatable bonds is 4. The molecule has 1 aliphatic rings. The molecule has 3 aromatic rings. The van der Waals surface area contributed by atoms with E-state index in [2.05, 4.69) is 4.98 Å². The van der Waals surface area contributed by atoms with Crippen LogP contribution >= 0.6 is 0 Å². The first-order valence-corrected chi connectivity index (χ1v) is 9.16. The van der Waals surface area contributed by atoms with Gasteiger partial charge in [0.25, 0.3) is 0 Å². The second-order valence-corrected chi connectivity index (χ2v) is 6.78. The first kappa shape index (κ1) is 18.4. The zero-order chi connectivity index (χ0) is 19.7. The molecule has 0 amide bonds. The van der Waals surface area contributed by atoms with E-state index in [1.165, 1.54) is 25.3 Å². The van der Waals surface area contributed by atoms with E-state index in [9.17, 15) is 9.18 Å². The minimum absolute atomic E-state index is 0.153. The van der Waals surface area contributed by atoms with Crippen LogP contribution in [0, 0.1) is 5.82 Å². The smallest absolute Gasteiger partial charge is 0.200 e. The maximum atomic E-state index is 13.6. The van der Waals surface area contributed by atoms with Crippen molar-refractivity contribution in [2.75, 3.05) is 32.3 Å². The van der Waals surface area contributed by atoms with Gasteiger partial charge in [-0.2, -0.15) is 0 Å². The predicted octanol–water partition coefficient (Wildman–Crippen LogP) is 3.62. The second-order valence-electron chi connectivity index (χ2n) is 6.78. The van der Waals surface area contributed by atoms with Gasteiger partial charge < -0.3 is 18.8 Å². The van der Waals surface area contributed by atoms with Gasteiger partial charge in [0.1, 0.15) is 17.3 Å². The number of fused-ring (bicyclic) bond motifs is 1. The Labute approximate surface area is 161 Å². The lowest BCUT2D eigenvalue weighted by molar-refractivity contribution is 0.0848. The highest BCUT2D eigenvalue weighted by Crippen LogP contribution is 2.34. The summed E-state index contributed by atoms with van der Waals surface area (Å²) < 4.78 is 30.5. The molecular weight excluding hydrogens is 363 g/mol. The van der Waals surface area contributed by atoms with Crippen LogP contribution in [0.25, 0.3) is 22.2 Å². The SMILES string of the molecule is COc1cc(F)ccc1-c1nccc2c(=O)cc(N(C)C3CCOCC3)oc12. The summed E-state index contributed by atoms with van der Waals surface area (Å²) in [5.74, 6) is 0.382. The summed E-state index contributed by atoms with van der Waals surface area (Å²) >= 11 is 0. The molecule has 2 aromatic heterocycles. The topological polar surface area (TPSA) is 64.8 Å². The average molecular weight is 384 g/mol. The molecule has 0 unspecified atom stereocenters. The molecule has 1 aliphatic heterocycles. The Hall–Kier alpha value is -2.93. The van der Waals surface area contributed by atoms with Gasteiger partial charge in [0.15, 0.2) is 16.9 Å². The maximum absolute atomic E-state index is 13.6. The number of aromatic nitrogens is 1. The summed E-state index contributed by atoms with van der Waals surface area (Å²) in [6, 6.07) is 7.54. The molecule has 6 nitrogen and oxygen atoms in total. The molecular formula is C21H21FN2O4. The molecule has 1 aromatic carbocycles. The van der Waals surface area contributed by atoms with Crippen LogP contribution in [0.3, 0.4) is 0 Å². The Morgan fingerprint density at radius 1 is 1.21 bits per heavy atom. The number of benzene rings is 1. The van der Waals surface area contributed by atoms with Crippen molar-refractivity contribution in [2.24, 2.45) is 0 Å². The van der Waals surface area contributed by atoms with Crippen LogP contribution in [0.1, 0.15) is 12.8 Å². The number of halogens is 1. The van der Waals surface area contributed by atoms with Crippen LogP contribution in [0.15, 0.2) is 45.7 Å². The molecule has 0 bridgehead atoms. The highest BCUT2D eigenvalue weighted by molar-refractivity contribution is 5.91. The molecule has 3 heterocycles. The summed E-state index contributed by atoms with van der Waals surface area (Å²) in [5, 5.41) is 0.417. The van der Waals surface area contributed by atoms with Gasteiger partial charge >= 0.3 is 0 Å². The highest BCUT2D eigenvalue weighted by atomic mass is 19.1. The Bertz CT molecular complexity index is 1060. The maximum Gasteiger partial charge on any atom is 0.200 e. The summed E-state index contributed by atoms with van der Waals surface area (Å²) in [6.45, 7) is 1.37. The van der Waals surface area contributed by atoms with Crippen molar-refractivity contribution in [3.8, 4) is 17.0 Å². The van der Waals surface area contributed by atoms with Crippen LogP contribution in [0.4, 0.5) is 10.3 Å². The number of hydrogen-bond acceptors (Lipinski definition) is 6. The van der Waals surface area contributed by atoms with Crippen molar-refractivity contribution in [1.82, 2.24) is 4.98 Å². The van der Waals surface area contributed by atoms with Crippen LogP contribution in [-0.2, 0) is 4.74 Å². The number of nitrogens with zero attached hydrogens (tertiary/aromatic N) is 2. The lowest BCUT2D eigenvalue weighted by atomic mass is 10.1. The van der Waals surface area contributed by atoms with Crippen LogP contribution in [-0.4, -0.2) is 38.4 Å². The fourth-order valence-corrected chi connectivity index (χ4v) is 3.55. The number of hydrogen-bond donors (Lipinski definition) is 0. The van der Waals surface area contributed by atoms with Crippen molar-refractivity contribution in [1.29, 1.82) is 0 Å². The lowest BCUT2D eigenvalue weighted by Gasteiger charge is -2.31. The highest BCUT2D eigenvalue weighted by Gasteiger charge is 2.22. The first-order valence-electron chi connectivity index (χ1n) is 9.16. The van der Waals surface area contributed by atoms with Crippen molar-refractivity contribution in [3.63, 3.8) is 0 Å². The van der Waals surface area contributed by atoms with Gasteiger partial charge in [0.2, 0.25) is 0 Å². The molecule has 4 rings (SSSR count). The zero-order valence-corrected chi connectivity index (χ0v) is 15.8. The minimum atomic E-state index is -0.415. The van der Waals surface area contributed by atoms with E-state index in [0.29, 0.717) is 47.1 Å². The third kappa shape index (κ3) is 3.33. The van der Waals surface area contributed by atoms with Gasteiger partial charge in [-0.15, -0.1) is 0 Å². The van der Waals surface area contributed by atoms with Gasteiger partial charge in [0, 0.05) is 50.2 Å². The summed E-state index contributed by atoms with van der Waals surface area (Å²) in [5.41, 5.74) is 1.20. The normalized spacial score (nSPS) is 15.0. The van der Waals surface area contributed by atoms with Crippen LogP contribution in [0.2, 0.25) is 0 Å². The fraction of sp³-hybridized carbons (Fsp3) is 0.333. The number of methoxy groups -OCH3 is 1. The molecule has 0 atom stereocenters. The Balaban J connectivity index is 1.87. The van der Waals surface area contributed by atoms with E-state index < -0.39 is 5.82 Å². The van der Waals surface area contributed by atoms with Gasteiger partial charge in [-0.3, -0.25) is 9.78 Å². The van der Waals surface area contributed by atoms with Crippen LogP contribution < -0.4 is 15.1 Å². The van der Waals surface area contributed by atoms with E-state index in [4.69, 9.17) is 13.9 Å². The molecule has 28 heavy (non-hydrogen) atoms. The average Bonchev–Trinajstić information content (AvgIpc) is 2.73. The molecule has 1 fully saturated rings. The van der Waals surface area contributed by atoms with Gasteiger partial charge in [-0.05, 0) is 31.0 Å². The number of anilines is 1. The Morgan fingerprint density at radius 2 is 2.00 bits per heavy atom. The first-order chi connectivity index (χ1) is 13.6. The molecule has 0 aliphatic carbocycles. The van der Waals surface area contributed by atoms with Crippen molar-refractivity contribution < 1.29 is 18.3 Å². The third-order valence-electron chi connectivity index (χ3n) is 5.14. The third-order valence-corrected chi connectivity index (χ3v) is 5.14. The standard InChI is InChI=1S/C21H21FN2O4/c1-24(14-6-9-27-10-7-14)19-12-17(25)15-5-8-23-20(21(15)28-19)16-4-3-13(22)11-18(16)26-2/h3-5,8,11-12,14H,6-7,9-10H2,1-2H3. The lowest BCUT2D eigenvalue weighted by Crippen LogP contribution is -2.37. The molecule has 7 heteroatoms. The molecule has 0 spiro atoms. The number of pyridine rings is 1. The Morgan fingerprint density at radius 3 is 2.75 bits per heavy atom. The quantitative estimate of drug-likeness (QED) is 0.685. The van der Waals surface area contributed by atoms with E-state index in [0.717, 1.165) is 12.8 Å². The molecule has 146 valence electrons. The summed E-state index contributed by atoms with van der Waals surface area (Å²) in [6.07, 6.45) is 3.27. The van der Waals surface area contributed by atoms with E-state index in [-0.39, 0.29) is 11.5 Å². The Kier molecular flexibility index (Phi) is 5.00. The largest absolute Gasteiger partial charge is 0.496 e. The monoisotopic (exact) mass is 384 g/mol. The predicted molar refractivity (Wildman–Crippen MR) is 104 cm³/mol. The van der Waals surface area contributed by atoms with E-state index in [1.54, 1.807) is 18.3 Å². The molecule has 0 N–H and O–H groups in total. The minimum Gasteiger partial charge on any atom is -0.496 e. The van der Waals surface area contributed by atoms with Gasteiger partial charge in [0.05, 0.1) is 12.5 Å². The molecule has 1 saturated heterocycles. The van der Waals surface area contributed by atoms with E-state index in [1.807, 2.05) is 11.9 Å². The zero-order valence-electron chi connectivity index (χ0n) is 15.8.